The van der Waals surface area contributed by atoms with Gasteiger partial charge in [-0.2, -0.15) is 0 Å². The minimum atomic E-state index is -0.0827. The number of hydrogen-bond donors (Lipinski definition) is 2. The van der Waals surface area contributed by atoms with Gasteiger partial charge in [-0.05, 0) is 37.1 Å². The fourth-order valence-corrected chi connectivity index (χ4v) is 2.16. The maximum atomic E-state index is 12.0. The SMILES string of the molecule is CCOc1ccccc1NC(=O)CNCc1ccccc1C. The Morgan fingerprint density at radius 1 is 1.09 bits per heavy atom. The second-order valence-corrected chi connectivity index (χ2v) is 5.01. The van der Waals surface area contributed by atoms with Crippen LogP contribution in [-0.2, 0) is 11.3 Å². The number of carbonyl (C=O) groups is 1. The zero-order chi connectivity index (χ0) is 15.8. The lowest BCUT2D eigenvalue weighted by atomic mass is 10.1. The van der Waals surface area contributed by atoms with E-state index in [1.165, 1.54) is 11.1 Å². The molecule has 0 saturated carbocycles. The van der Waals surface area contributed by atoms with E-state index in [4.69, 9.17) is 4.74 Å². The first-order valence-electron chi connectivity index (χ1n) is 7.47. The van der Waals surface area contributed by atoms with Crippen LogP contribution in [0, 0.1) is 6.92 Å². The van der Waals surface area contributed by atoms with Gasteiger partial charge in [0.1, 0.15) is 5.75 Å². The second-order valence-electron chi connectivity index (χ2n) is 5.01. The van der Waals surface area contributed by atoms with Gasteiger partial charge in [0.15, 0.2) is 0 Å². The number of rotatable bonds is 7. The van der Waals surface area contributed by atoms with Crippen LogP contribution in [0.3, 0.4) is 0 Å². The molecular formula is C18H22N2O2. The molecule has 0 fully saturated rings. The molecule has 0 atom stereocenters. The number of hydrogen-bond acceptors (Lipinski definition) is 3. The first-order chi connectivity index (χ1) is 10.7. The molecule has 2 N–H and O–H groups in total. The number of aryl methyl sites for hydroxylation is 1. The Kier molecular flexibility index (Phi) is 5.98. The van der Waals surface area contributed by atoms with Gasteiger partial charge in [0, 0.05) is 6.54 Å². The molecular weight excluding hydrogens is 276 g/mol. The van der Waals surface area contributed by atoms with Crippen LogP contribution >= 0.6 is 0 Å². The van der Waals surface area contributed by atoms with Crippen molar-refractivity contribution >= 4 is 11.6 Å². The van der Waals surface area contributed by atoms with E-state index in [0.717, 1.165) is 0 Å². The predicted molar refractivity (Wildman–Crippen MR) is 89.1 cm³/mol. The maximum absolute atomic E-state index is 12.0. The van der Waals surface area contributed by atoms with Crippen molar-refractivity contribution in [1.82, 2.24) is 5.32 Å². The van der Waals surface area contributed by atoms with Crippen LogP contribution in [0.25, 0.3) is 0 Å². The van der Waals surface area contributed by atoms with Crippen LogP contribution in [-0.4, -0.2) is 19.1 Å². The summed E-state index contributed by atoms with van der Waals surface area (Å²) in [5.41, 5.74) is 3.12. The number of ether oxygens (including phenoxy) is 1. The Bertz CT molecular complexity index is 626. The highest BCUT2D eigenvalue weighted by molar-refractivity contribution is 5.93. The number of carbonyl (C=O) groups excluding carboxylic acids is 1. The lowest BCUT2D eigenvalue weighted by Gasteiger charge is -2.12. The summed E-state index contributed by atoms with van der Waals surface area (Å²) in [7, 11) is 0. The van der Waals surface area contributed by atoms with Crippen molar-refractivity contribution in [1.29, 1.82) is 0 Å². The smallest absolute Gasteiger partial charge is 0.238 e. The lowest BCUT2D eigenvalue weighted by molar-refractivity contribution is -0.115. The van der Waals surface area contributed by atoms with Crippen LogP contribution in [0.2, 0.25) is 0 Å². The van der Waals surface area contributed by atoms with Gasteiger partial charge in [-0.1, -0.05) is 36.4 Å². The molecule has 0 aliphatic carbocycles. The van der Waals surface area contributed by atoms with E-state index in [1.807, 2.05) is 43.3 Å². The first kappa shape index (κ1) is 16.0. The molecule has 0 bridgehead atoms. The minimum absolute atomic E-state index is 0.0827. The molecule has 0 radical (unpaired) electrons. The Morgan fingerprint density at radius 2 is 1.82 bits per heavy atom. The highest BCUT2D eigenvalue weighted by atomic mass is 16.5. The van der Waals surface area contributed by atoms with Crippen molar-refractivity contribution in [3.8, 4) is 5.75 Å². The summed E-state index contributed by atoms with van der Waals surface area (Å²) in [6.45, 7) is 5.48. The molecule has 0 aliphatic heterocycles. The van der Waals surface area contributed by atoms with E-state index < -0.39 is 0 Å². The molecule has 1 amide bonds. The van der Waals surface area contributed by atoms with E-state index in [2.05, 4.69) is 29.7 Å². The third-order valence-electron chi connectivity index (χ3n) is 3.32. The molecule has 0 unspecified atom stereocenters. The molecule has 0 heterocycles. The quantitative estimate of drug-likeness (QED) is 0.825. The zero-order valence-electron chi connectivity index (χ0n) is 13.1. The lowest BCUT2D eigenvalue weighted by Crippen LogP contribution is -2.28. The van der Waals surface area contributed by atoms with Crippen molar-refractivity contribution in [2.75, 3.05) is 18.5 Å². The molecule has 0 aromatic heterocycles. The summed E-state index contributed by atoms with van der Waals surface area (Å²) >= 11 is 0. The summed E-state index contributed by atoms with van der Waals surface area (Å²) < 4.78 is 5.49. The number of anilines is 1. The predicted octanol–water partition coefficient (Wildman–Crippen LogP) is 3.12. The van der Waals surface area contributed by atoms with Gasteiger partial charge in [-0.3, -0.25) is 4.79 Å². The number of amides is 1. The minimum Gasteiger partial charge on any atom is -0.492 e. The normalized spacial score (nSPS) is 10.3. The molecule has 0 spiro atoms. The molecule has 4 heteroatoms. The highest BCUT2D eigenvalue weighted by Gasteiger charge is 2.07. The maximum Gasteiger partial charge on any atom is 0.238 e. The second kappa shape index (κ2) is 8.20. The molecule has 0 aliphatic rings. The van der Waals surface area contributed by atoms with Crippen molar-refractivity contribution in [3.05, 3.63) is 59.7 Å². The van der Waals surface area contributed by atoms with E-state index >= 15 is 0 Å². The first-order valence-corrected chi connectivity index (χ1v) is 7.47. The van der Waals surface area contributed by atoms with Gasteiger partial charge in [0.2, 0.25) is 5.91 Å². The van der Waals surface area contributed by atoms with Crippen LogP contribution < -0.4 is 15.4 Å². The molecule has 2 aromatic rings. The molecule has 0 saturated heterocycles. The Morgan fingerprint density at radius 3 is 2.59 bits per heavy atom. The molecule has 2 rings (SSSR count). The average Bonchev–Trinajstić information content (AvgIpc) is 2.51. The van der Waals surface area contributed by atoms with Gasteiger partial charge in [-0.25, -0.2) is 0 Å². The van der Waals surface area contributed by atoms with Gasteiger partial charge < -0.3 is 15.4 Å². The highest BCUT2D eigenvalue weighted by Crippen LogP contribution is 2.23. The van der Waals surface area contributed by atoms with Crippen molar-refractivity contribution in [3.63, 3.8) is 0 Å². The molecule has 116 valence electrons. The van der Waals surface area contributed by atoms with E-state index in [-0.39, 0.29) is 12.5 Å². The summed E-state index contributed by atoms with van der Waals surface area (Å²) in [5, 5.41) is 6.03. The van der Waals surface area contributed by atoms with Gasteiger partial charge >= 0.3 is 0 Å². The fourth-order valence-electron chi connectivity index (χ4n) is 2.16. The third kappa shape index (κ3) is 4.60. The van der Waals surface area contributed by atoms with Crippen molar-refractivity contribution < 1.29 is 9.53 Å². The summed E-state index contributed by atoms with van der Waals surface area (Å²) in [6.07, 6.45) is 0. The van der Waals surface area contributed by atoms with E-state index in [1.54, 1.807) is 0 Å². The molecule has 2 aromatic carbocycles. The van der Waals surface area contributed by atoms with Gasteiger partial charge in [0.25, 0.3) is 0 Å². The summed E-state index contributed by atoms with van der Waals surface area (Å²) in [5.74, 6) is 0.609. The van der Waals surface area contributed by atoms with Crippen LogP contribution in [0.15, 0.2) is 48.5 Å². The third-order valence-corrected chi connectivity index (χ3v) is 3.32. The Hall–Kier alpha value is -2.33. The zero-order valence-corrected chi connectivity index (χ0v) is 13.1. The van der Waals surface area contributed by atoms with Gasteiger partial charge in [-0.15, -0.1) is 0 Å². The van der Waals surface area contributed by atoms with Crippen LogP contribution in [0.4, 0.5) is 5.69 Å². The summed E-state index contributed by atoms with van der Waals surface area (Å²) in [4.78, 5) is 12.0. The summed E-state index contributed by atoms with van der Waals surface area (Å²) in [6, 6.07) is 15.6. The molecule has 4 nitrogen and oxygen atoms in total. The number of nitrogens with one attached hydrogen (secondary N) is 2. The van der Waals surface area contributed by atoms with Crippen molar-refractivity contribution in [2.45, 2.75) is 20.4 Å². The Balaban J connectivity index is 1.85. The topological polar surface area (TPSA) is 50.4 Å². The Labute approximate surface area is 131 Å². The monoisotopic (exact) mass is 298 g/mol. The van der Waals surface area contributed by atoms with Crippen LogP contribution in [0.1, 0.15) is 18.1 Å². The van der Waals surface area contributed by atoms with E-state index in [0.29, 0.717) is 24.6 Å². The molecule has 22 heavy (non-hydrogen) atoms. The number of benzene rings is 2. The van der Waals surface area contributed by atoms with E-state index in [9.17, 15) is 4.79 Å². The van der Waals surface area contributed by atoms with Crippen molar-refractivity contribution in [2.24, 2.45) is 0 Å². The average molecular weight is 298 g/mol. The van der Waals surface area contributed by atoms with Crippen LogP contribution in [0.5, 0.6) is 5.75 Å². The van der Waals surface area contributed by atoms with Gasteiger partial charge in [0.05, 0.1) is 18.8 Å². The number of para-hydroxylation sites is 2. The standard InChI is InChI=1S/C18H22N2O2/c1-3-22-17-11-7-6-10-16(17)20-18(21)13-19-12-15-9-5-4-8-14(15)2/h4-11,19H,3,12-13H2,1-2H3,(H,20,21). The fraction of sp³-hybridized carbons (Fsp3) is 0.278. The largest absolute Gasteiger partial charge is 0.492 e.